The third-order valence-corrected chi connectivity index (χ3v) is 3.86. The van der Waals surface area contributed by atoms with Gasteiger partial charge in [-0.3, -0.25) is 18.7 Å². The molecule has 0 aliphatic rings. The van der Waals surface area contributed by atoms with Crippen LogP contribution in [-0.2, 0) is 11.3 Å². The molecule has 0 spiro atoms. The predicted octanol–water partition coefficient (Wildman–Crippen LogP) is 1.66. The number of hydrogen-bond donors (Lipinski definition) is 1. The monoisotopic (exact) mass is 317 g/mol. The highest BCUT2D eigenvalue weighted by Crippen LogP contribution is 2.11. The summed E-state index contributed by atoms with van der Waals surface area (Å²) in [7, 11) is 0. The molecule has 1 heterocycles. The predicted molar refractivity (Wildman–Crippen MR) is 90.7 cm³/mol. The van der Waals surface area contributed by atoms with Gasteiger partial charge in [0.1, 0.15) is 6.54 Å². The van der Waals surface area contributed by atoms with E-state index >= 15 is 0 Å². The quantitative estimate of drug-likeness (QED) is 0.911. The molecule has 0 saturated carbocycles. The minimum absolute atomic E-state index is 0.00932. The number of para-hydroxylation sites is 1. The summed E-state index contributed by atoms with van der Waals surface area (Å²) < 4.78 is 2.62. The van der Waals surface area contributed by atoms with Gasteiger partial charge in [-0.25, -0.2) is 4.79 Å². The second-order valence-electron chi connectivity index (χ2n) is 6.04. The lowest BCUT2D eigenvalue weighted by Gasteiger charge is -2.18. The van der Waals surface area contributed by atoms with Crippen LogP contribution in [0.4, 0.5) is 0 Å². The molecule has 124 valence electrons. The lowest BCUT2D eigenvalue weighted by atomic mass is 10.2. The van der Waals surface area contributed by atoms with Gasteiger partial charge in [0, 0.05) is 12.1 Å². The van der Waals surface area contributed by atoms with Crippen molar-refractivity contribution in [2.24, 2.45) is 0 Å². The first kappa shape index (κ1) is 17.0. The number of carbonyl (C=O) groups is 1. The average molecular weight is 317 g/mol. The van der Waals surface area contributed by atoms with Crippen LogP contribution in [0.15, 0.2) is 33.9 Å². The maximum atomic E-state index is 12.8. The summed E-state index contributed by atoms with van der Waals surface area (Å²) in [5.74, 6) is -0.249. The van der Waals surface area contributed by atoms with E-state index in [9.17, 15) is 14.4 Å². The molecule has 1 aromatic heterocycles. The second-order valence-corrected chi connectivity index (χ2v) is 6.04. The Labute approximate surface area is 134 Å². The van der Waals surface area contributed by atoms with Crippen LogP contribution >= 0.6 is 0 Å². The van der Waals surface area contributed by atoms with Crippen LogP contribution in [0.1, 0.15) is 40.2 Å². The average Bonchev–Trinajstić information content (AvgIpc) is 2.50. The summed E-state index contributed by atoms with van der Waals surface area (Å²) in [6.45, 7) is 7.36. The van der Waals surface area contributed by atoms with Gasteiger partial charge >= 0.3 is 5.69 Å². The van der Waals surface area contributed by atoms with Crippen molar-refractivity contribution in [3.8, 4) is 0 Å². The first-order chi connectivity index (χ1) is 10.9. The van der Waals surface area contributed by atoms with Crippen molar-refractivity contribution in [2.75, 3.05) is 0 Å². The molecule has 6 nitrogen and oxygen atoms in total. The van der Waals surface area contributed by atoms with E-state index < -0.39 is 5.69 Å². The van der Waals surface area contributed by atoms with Crippen molar-refractivity contribution in [3.63, 3.8) is 0 Å². The molecule has 1 amide bonds. The third kappa shape index (κ3) is 3.36. The molecule has 6 heteroatoms. The van der Waals surface area contributed by atoms with Crippen molar-refractivity contribution in [1.82, 2.24) is 14.5 Å². The third-order valence-electron chi connectivity index (χ3n) is 3.86. The van der Waals surface area contributed by atoms with Gasteiger partial charge in [0.15, 0.2) is 0 Å². The van der Waals surface area contributed by atoms with E-state index in [2.05, 4.69) is 5.32 Å². The van der Waals surface area contributed by atoms with Crippen LogP contribution in [-0.4, -0.2) is 21.1 Å². The van der Waals surface area contributed by atoms with E-state index in [4.69, 9.17) is 0 Å². The molecule has 1 atom stereocenters. The van der Waals surface area contributed by atoms with Crippen molar-refractivity contribution in [1.29, 1.82) is 0 Å². The highest BCUT2D eigenvalue weighted by molar-refractivity contribution is 5.81. The SMILES string of the molecule is CCC(C)n1c(=O)c2ccccc2n(CC(=O)NC(C)C)c1=O. The summed E-state index contributed by atoms with van der Waals surface area (Å²) in [4.78, 5) is 37.5. The van der Waals surface area contributed by atoms with Crippen LogP contribution < -0.4 is 16.6 Å². The van der Waals surface area contributed by atoms with E-state index in [1.54, 1.807) is 24.3 Å². The zero-order valence-electron chi connectivity index (χ0n) is 14.0. The molecule has 1 N–H and O–H groups in total. The Morgan fingerprint density at radius 1 is 1.17 bits per heavy atom. The topological polar surface area (TPSA) is 73.1 Å². The van der Waals surface area contributed by atoms with Gasteiger partial charge in [0.05, 0.1) is 10.9 Å². The maximum absolute atomic E-state index is 12.8. The number of benzene rings is 1. The van der Waals surface area contributed by atoms with E-state index in [0.717, 1.165) is 0 Å². The van der Waals surface area contributed by atoms with Gasteiger partial charge in [0.25, 0.3) is 5.56 Å². The van der Waals surface area contributed by atoms with Gasteiger partial charge in [0.2, 0.25) is 5.91 Å². The number of carbonyl (C=O) groups excluding carboxylic acids is 1. The molecule has 0 fully saturated rings. The minimum Gasteiger partial charge on any atom is -0.352 e. The van der Waals surface area contributed by atoms with E-state index in [0.29, 0.717) is 17.3 Å². The van der Waals surface area contributed by atoms with Gasteiger partial charge < -0.3 is 5.32 Å². The standard InChI is InChI=1S/C17H23N3O3/c1-5-12(4)20-16(22)13-8-6-7-9-14(13)19(17(20)23)10-15(21)18-11(2)3/h6-9,11-12H,5,10H2,1-4H3,(H,18,21). The number of aromatic nitrogens is 2. The second kappa shape index (κ2) is 6.81. The zero-order chi connectivity index (χ0) is 17.1. The van der Waals surface area contributed by atoms with Crippen molar-refractivity contribution >= 4 is 16.8 Å². The molecule has 2 aromatic rings. The fourth-order valence-corrected chi connectivity index (χ4v) is 2.57. The molecule has 0 radical (unpaired) electrons. The summed E-state index contributed by atoms with van der Waals surface area (Å²) in [5, 5.41) is 3.22. The molecule has 1 unspecified atom stereocenters. The lowest BCUT2D eigenvalue weighted by molar-refractivity contribution is -0.122. The minimum atomic E-state index is -0.443. The molecular weight excluding hydrogens is 294 g/mol. The van der Waals surface area contributed by atoms with Crippen molar-refractivity contribution < 1.29 is 4.79 Å². The highest BCUT2D eigenvalue weighted by Gasteiger charge is 2.17. The van der Waals surface area contributed by atoms with Crippen LogP contribution in [0.2, 0.25) is 0 Å². The summed E-state index contributed by atoms with van der Waals surface area (Å²) in [5.41, 5.74) is -0.261. The Morgan fingerprint density at radius 2 is 1.83 bits per heavy atom. The van der Waals surface area contributed by atoms with Crippen molar-refractivity contribution in [3.05, 3.63) is 45.1 Å². The van der Waals surface area contributed by atoms with Gasteiger partial charge in [-0.2, -0.15) is 0 Å². The van der Waals surface area contributed by atoms with Crippen LogP contribution in [0.25, 0.3) is 10.9 Å². The maximum Gasteiger partial charge on any atom is 0.332 e. The number of amides is 1. The first-order valence-corrected chi connectivity index (χ1v) is 7.90. The first-order valence-electron chi connectivity index (χ1n) is 7.90. The summed E-state index contributed by atoms with van der Waals surface area (Å²) in [6.07, 6.45) is 0.658. The Hall–Kier alpha value is -2.37. The molecule has 0 saturated heterocycles. The molecule has 0 bridgehead atoms. The Balaban J connectivity index is 2.69. The molecule has 0 aliphatic carbocycles. The van der Waals surface area contributed by atoms with Crippen molar-refractivity contribution in [2.45, 2.75) is 52.7 Å². The number of fused-ring (bicyclic) bond motifs is 1. The number of nitrogens with one attached hydrogen (secondary N) is 1. The van der Waals surface area contributed by atoms with E-state index in [1.165, 1.54) is 9.13 Å². The fourth-order valence-electron chi connectivity index (χ4n) is 2.57. The highest BCUT2D eigenvalue weighted by atomic mass is 16.2. The number of hydrogen-bond acceptors (Lipinski definition) is 3. The van der Waals surface area contributed by atoms with Gasteiger partial charge in [-0.1, -0.05) is 19.1 Å². The molecule has 0 aliphatic heterocycles. The summed E-state index contributed by atoms with van der Waals surface area (Å²) >= 11 is 0. The molecule has 23 heavy (non-hydrogen) atoms. The van der Waals surface area contributed by atoms with E-state index in [1.807, 2.05) is 27.7 Å². The van der Waals surface area contributed by atoms with Gasteiger partial charge in [-0.05, 0) is 39.3 Å². The normalized spacial score (nSPS) is 12.6. The van der Waals surface area contributed by atoms with Gasteiger partial charge in [-0.15, -0.1) is 0 Å². The Morgan fingerprint density at radius 3 is 2.43 bits per heavy atom. The van der Waals surface area contributed by atoms with Crippen LogP contribution in [0.3, 0.4) is 0 Å². The Bertz CT molecular complexity index is 833. The molecule has 2 rings (SSSR count). The smallest absolute Gasteiger partial charge is 0.332 e. The largest absolute Gasteiger partial charge is 0.352 e. The molecular formula is C17H23N3O3. The van der Waals surface area contributed by atoms with Crippen LogP contribution in [0.5, 0.6) is 0 Å². The van der Waals surface area contributed by atoms with E-state index in [-0.39, 0.29) is 30.1 Å². The Kier molecular flexibility index (Phi) is 5.03. The lowest BCUT2D eigenvalue weighted by Crippen LogP contribution is -2.44. The summed E-state index contributed by atoms with van der Waals surface area (Å²) in [6, 6.07) is 6.66. The van der Waals surface area contributed by atoms with Crippen LogP contribution in [0, 0.1) is 0 Å². The number of rotatable bonds is 5. The zero-order valence-corrected chi connectivity index (χ0v) is 14.0. The molecule has 1 aromatic carbocycles. The fraction of sp³-hybridized carbons (Fsp3) is 0.471. The number of nitrogens with zero attached hydrogens (tertiary/aromatic N) is 2.